The molecule has 76 valence electrons. The Bertz CT molecular complexity index is 359. The van der Waals surface area contributed by atoms with E-state index in [9.17, 15) is 9.18 Å². The number of carbonyl (C=O) groups is 1. The summed E-state index contributed by atoms with van der Waals surface area (Å²) in [4.78, 5) is 19.5. The third-order valence-corrected chi connectivity index (χ3v) is 1.78. The van der Waals surface area contributed by atoms with Crippen molar-refractivity contribution < 1.29 is 14.0 Å². The zero-order valence-corrected chi connectivity index (χ0v) is 8.38. The second kappa shape index (κ2) is 4.34. The van der Waals surface area contributed by atoms with Gasteiger partial charge in [-0.1, -0.05) is 11.6 Å². The van der Waals surface area contributed by atoms with E-state index in [0.29, 0.717) is 0 Å². The maximum atomic E-state index is 13.1. The summed E-state index contributed by atoms with van der Waals surface area (Å²) in [6, 6.07) is 1.02. The largest absolute Gasteiger partial charge is 0.298 e. The van der Waals surface area contributed by atoms with Crippen LogP contribution in [-0.4, -0.2) is 30.1 Å². The van der Waals surface area contributed by atoms with Gasteiger partial charge >= 0.3 is 0 Å². The lowest BCUT2D eigenvalue weighted by molar-refractivity contribution is -0.0763. The van der Waals surface area contributed by atoms with Gasteiger partial charge in [-0.2, -0.15) is 0 Å². The second-order valence-electron chi connectivity index (χ2n) is 2.47. The molecule has 0 aliphatic rings. The summed E-state index contributed by atoms with van der Waals surface area (Å²) in [5, 5.41) is 1.01. The number of nitrogens with zero attached hydrogens (tertiary/aromatic N) is 2. The van der Waals surface area contributed by atoms with E-state index in [0.717, 1.165) is 11.1 Å². The van der Waals surface area contributed by atoms with Crippen molar-refractivity contribution in [2.24, 2.45) is 0 Å². The van der Waals surface area contributed by atoms with Crippen molar-refractivity contribution in [2.45, 2.75) is 0 Å². The van der Waals surface area contributed by atoms with Crippen molar-refractivity contribution in [3.05, 3.63) is 28.8 Å². The number of hydroxylamine groups is 2. The molecule has 0 unspecified atom stereocenters. The van der Waals surface area contributed by atoms with Crippen molar-refractivity contribution in [2.75, 3.05) is 14.2 Å². The number of rotatable bonds is 2. The highest BCUT2D eigenvalue weighted by Gasteiger charge is 2.17. The standard InChI is InChI=1S/C8H8ClFN2O2/c1-12(14-2)8(13)7-6(10)3-5(9)4-11-7/h3-4H,1-2H3. The van der Waals surface area contributed by atoms with E-state index in [1.54, 1.807) is 0 Å². The number of carbonyl (C=O) groups excluding carboxylic acids is 1. The molecule has 6 heteroatoms. The normalized spacial score (nSPS) is 10.0. The van der Waals surface area contributed by atoms with E-state index in [2.05, 4.69) is 9.82 Å². The topological polar surface area (TPSA) is 42.4 Å². The number of halogens is 2. The highest BCUT2D eigenvalue weighted by Crippen LogP contribution is 2.12. The van der Waals surface area contributed by atoms with E-state index in [-0.39, 0.29) is 10.7 Å². The molecule has 0 saturated carbocycles. The van der Waals surface area contributed by atoms with Gasteiger partial charge in [-0.05, 0) is 6.07 Å². The molecule has 14 heavy (non-hydrogen) atoms. The van der Waals surface area contributed by atoms with Crippen LogP contribution in [0.4, 0.5) is 4.39 Å². The van der Waals surface area contributed by atoms with Crippen molar-refractivity contribution in [1.82, 2.24) is 10.0 Å². The minimum absolute atomic E-state index is 0.138. The van der Waals surface area contributed by atoms with Crippen LogP contribution in [0.2, 0.25) is 5.02 Å². The molecule has 1 aromatic rings. The second-order valence-corrected chi connectivity index (χ2v) is 2.91. The van der Waals surface area contributed by atoms with E-state index >= 15 is 0 Å². The number of hydrogen-bond donors (Lipinski definition) is 0. The van der Waals surface area contributed by atoms with Gasteiger partial charge in [-0.25, -0.2) is 14.4 Å². The highest BCUT2D eigenvalue weighted by molar-refractivity contribution is 6.30. The van der Waals surface area contributed by atoms with Crippen molar-refractivity contribution in [3.63, 3.8) is 0 Å². The Morgan fingerprint density at radius 1 is 1.71 bits per heavy atom. The van der Waals surface area contributed by atoms with Gasteiger partial charge < -0.3 is 0 Å². The van der Waals surface area contributed by atoms with E-state index in [4.69, 9.17) is 11.6 Å². The van der Waals surface area contributed by atoms with Crippen LogP contribution in [0.3, 0.4) is 0 Å². The molecule has 1 amide bonds. The highest BCUT2D eigenvalue weighted by atomic mass is 35.5. The Labute approximate surface area is 85.2 Å². The zero-order chi connectivity index (χ0) is 10.7. The van der Waals surface area contributed by atoms with Crippen molar-refractivity contribution in [1.29, 1.82) is 0 Å². The van der Waals surface area contributed by atoms with Gasteiger partial charge in [0.2, 0.25) is 0 Å². The average molecular weight is 219 g/mol. The Morgan fingerprint density at radius 3 is 2.86 bits per heavy atom. The zero-order valence-electron chi connectivity index (χ0n) is 7.62. The third kappa shape index (κ3) is 2.18. The first kappa shape index (κ1) is 10.9. The Balaban J connectivity index is 3.02. The maximum absolute atomic E-state index is 13.1. The van der Waals surface area contributed by atoms with Gasteiger partial charge in [0.25, 0.3) is 5.91 Å². The SMILES string of the molecule is CON(C)C(=O)c1ncc(Cl)cc1F. The Kier molecular flexibility index (Phi) is 3.38. The van der Waals surface area contributed by atoms with Crippen LogP contribution in [0.25, 0.3) is 0 Å². The molecule has 0 radical (unpaired) electrons. The molecule has 0 fully saturated rings. The smallest absolute Gasteiger partial charge is 0.274 e. The quantitative estimate of drug-likeness (QED) is 0.707. The summed E-state index contributed by atoms with van der Waals surface area (Å²) in [6.45, 7) is 0. The van der Waals surface area contributed by atoms with Crippen LogP contribution in [0.15, 0.2) is 12.3 Å². The molecule has 0 saturated heterocycles. The van der Waals surface area contributed by atoms with Crippen LogP contribution in [-0.2, 0) is 4.84 Å². The molecular formula is C8H8ClFN2O2. The molecule has 0 aliphatic carbocycles. The van der Waals surface area contributed by atoms with Crippen LogP contribution in [0.5, 0.6) is 0 Å². The van der Waals surface area contributed by atoms with Crippen LogP contribution in [0.1, 0.15) is 10.5 Å². The summed E-state index contributed by atoms with van der Waals surface area (Å²) in [5.41, 5.74) is -0.321. The minimum atomic E-state index is -0.772. The summed E-state index contributed by atoms with van der Waals surface area (Å²) in [7, 11) is 2.66. The van der Waals surface area contributed by atoms with Crippen LogP contribution in [0, 0.1) is 5.82 Å². The molecule has 1 aromatic heterocycles. The number of hydrogen-bond acceptors (Lipinski definition) is 3. The average Bonchev–Trinajstić information content (AvgIpc) is 2.15. The van der Waals surface area contributed by atoms with Crippen molar-refractivity contribution in [3.8, 4) is 0 Å². The Hall–Kier alpha value is -1.20. The molecule has 0 spiro atoms. The van der Waals surface area contributed by atoms with Crippen LogP contribution >= 0.6 is 11.6 Å². The van der Waals surface area contributed by atoms with Gasteiger partial charge in [0.1, 0.15) is 0 Å². The first-order valence-electron chi connectivity index (χ1n) is 3.69. The molecule has 0 bridgehead atoms. The van der Waals surface area contributed by atoms with Gasteiger partial charge in [0.15, 0.2) is 11.5 Å². The lowest BCUT2D eigenvalue weighted by Gasteiger charge is -2.12. The van der Waals surface area contributed by atoms with Gasteiger partial charge in [-0.15, -0.1) is 0 Å². The number of amides is 1. The predicted molar refractivity (Wildman–Crippen MR) is 48.3 cm³/mol. The summed E-state index contributed by atoms with van der Waals surface area (Å²) in [5.74, 6) is -1.44. The van der Waals surface area contributed by atoms with Crippen LogP contribution < -0.4 is 0 Å². The molecule has 4 nitrogen and oxygen atoms in total. The van der Waals surface area contributed by atoms with E-state index in [1.807, 2.05) is 0 Å². The lowest BCUT2D eigenvalue weighted by Crippen LogP contribution is -2.27. The first-order chi connectivity index (χ1) is 6.56. The van der Waals surface area contributed by atoms with Gasteiger partial charge in [0.05, 0.1) is 12.1 Å². The fourth-order valence-corrected chi connectivity index (χ4v) is 0.949. The number of aromatic nitrogens is 1. The molecule has 0 atom stereocenters. The summed E-state index contributed by atoms with van der Waals surface area (Å²) in [6.07, 6.45) is 1.20. The van der Waals surface area contributed by atoms with E-state index in [1.165, 1.54) is 20.4 Å². The Morgan fingerprint density at radius 2 is 2.36 bits per heavy atom. The summed E-state index contributed by atoms with van der Waals surface area (Å²) >= 11 is 5.48. The third-order valence-electron chi connectivity index (χ3n) is 1.57. The lowest BCUT2D eigenvalue weighted by atomic mass is 10.3. The molecule has 0 aromatic carbocycles. The monoisotopic (exact) mass is 218 g/mol. The van der Waals surface area contributed by atoms with Crippen molar-refractivity contribution >= 4 is 17.5 Å². The molecular weight excluding hydrogens is 211 g/mol. The molecule has 0 N–H and O–H groups in total. The predicted octanol–water partition coefficient (Wildman–Crippen LogP) is 1.51. The molecule has 1 heterocycles. The molecule has 1 rings (SSSR count). The van der Waals surface area contributed by atoms with E-state index < -0.39 is 11.7 Å². The minimum Gasteiger partial charge on any atom is -0.274 e. The summed E-state index contributed by atoms with van der Waals surface area (Å²) < 4.78 is 13.1. The first-order valence-corrected chi connectivity index (χ1v) is 4.07. The van der Waals surface area contributed by atoms with Gasteiger partial charge in [-0.3, -0.25) is 9.63 Å². The fraction of sp³-hybridized carbons (Fsp3) is 0.250. The number of pyridine rings is 1. The molecule has 0 aliphatic heterocycles. The maximum Gasteiger partial charge on any atom is 0.298 e. The fourth-order valence-electron chi connectivity index (χ4n) is 0.804. The van der Waals surface area contributed by atoms with Gasteiger partial charge in [0, 0.05) is 13.2 Å².